The highest BCUT2D eigenvalue weighted by atomic mass is 32.1. The lowest BCUT2D eigenvalue weighted by Gasteiger charge is -2.29. The Morgan fingerprint density at radius 3 is 2.58 bits per heavy atom. The molecule has 13 heteroatoms. The molecule has 1 amide bonds. The van der Waals surface area contributed by atoms with Gasteiger partial charge in [0.15, 0.2) is 22.9 Å². The van der Waals surface area contributed by atoms with E-state index < -0.39 is 11.7 Å². The summed E-state index contributed by atoms with van der Waals surface area (Å²) >= 11 is 1.19. The summed E-state index contributed by atoms with van der Waals surface area (Å²) in [5, 5.41) is 19.8. The monoisotopic (exact) mass is 535 g/mol. The first-order valence-electron chi connectivity index (χ1n) is 12.7. The molecule has 0 unspecified atom stereocenters. The quantitative estimate of drug-likeness (QED) is 0.269. The molecule has 4 aromatic heterocycles. The Kier molecular flexibility index (Phi) is 6.66. The smallest absolute Gasteiger partial charge is 0.276 e. The Bertz CT molecular complexity index is 1460. The number of pyridine rings is 1. The Balaban J connectivity index is 1.18. The van der Waals surface area contributed by atoms with Crippen molar-refractivity contribution >= 4 is 46.1 Å². The first-order valence-corrected chi connectivity index (χ1v) is 13.5. The number of nitrogens with zero attached hydrogens (tertiary/aromatic N) is 6. The van der Waals surface area contributed by atoms with Gasteiger partial charge >= 0.3 is 0 Å². The van der Waals surface area contributed by atoms with E-state index in [1.165, 1.54) is 34.5 Å². The van der Waals surface area contributed by atoms with E-state index in [4.69, 9.17) is 0 Å². The number of ketones is 1. The molecular weight excluding hydrogens is 509 g/mol. The zero-order valence-electron chi connectivity index (χ0n) is 20.4. The number of hydrogen-bond acceptors (Lipinski definition) is 10. The lowest BCUT2D eigenvalue weighted by atomic mass is 9.83. The van der Waals surface area contributed by atoms with E-state index in [1.54, 1.807) is 5.38 Å². The number of carbonyl (C=O) groups excluding carboxylic acids is 2. The number of halogens is 1. The Morgan fingerprint density at radius 2 is 1.84 bits per heavy atom. The maximum atomic E-state index is 14.1. The summed E-state index contributed by atoms with van der Waals surface area (Å²) in [4.78, 5) is 33.6. The van der Waals surface area contributed by atoms with Crippen LogP contribution < -0.4 is 16.0 Å². The Labute approximate surface area is 221 Å². The van der Waals surface area contributed by atoms with Crippen molar-refractivity contribution in [2.75, 3.05) is 16.0 Å². The molecule has 2 fully saturated rings. The molecule has 3 N–H and O–H groups in total. The highest BCUT2D eigenvalue weighted by Crippen LogP contribution is 2.32. The highest BCUT2D eigenvalue weighted by Gasteiger charge is 2.27. The SMILES string of the molecule is O=C(CC1CCC(Nc2cc(NC3CC3)c3ncc(C(=O)Nc4ccncc4F)n3n2)CC1)c1csnn1. The summed E-state index contributed by atoms with van der Waals surface area (Å²) in [6, 6.07) is 3.88. The van der Waals surface area contributed by atoms with Crippen LogP contribution in [-0.2, 0) is 0 Å². The molecule has 0 bridgehead atoms. The van der Waals surface area contributed by atoms with Gasteiger partial charge in [0.1, 0.15) is 11.5 Å². The first-order chi connectivity index (χ1) is 18.5. The summed E-state index contributed by atoms with van der Waals surface area (Å²) in [5.41, 5.74) is 2.00. The minimum absolute atomic E-state index is 0.0341. The molecule has 6 rings (SSSR count). The average molecular weight is 536 g/mol. The molecule has 0 saturated heterocycles. The lowest BCUT2D eigenvalue weighted by Crippen LogP contribution is -2.28. The molecule has 38 heavy (non-hydrogen) atoms. The van der Waals surface area contributed by atoms with Crippen molar-refractivity contribution in [2.24, 2.45) is 5.92 Å². The molecule has 4 heterocycles. The van der Waals surface area contributed by atoms with Gasteiger partial charge in [-0.05, 0) is 62.0 Å². The van der Waals surface area contributed by atoms with Crippen LogP contribution in [0.4, 0.5) is 21.6 Å². The van der Waals surface area contributed by atoms with Crippen molar-refractivity contribution < 1.29 is 14.0 Å². The van der Waals surface area contributed by atoms with Crippen LogP contribution in [0.2, 0.25) is 0 Å². The standard InChI is InChI=1S/C25H26FN9O2S/c26-17-11-27-8-7-18(17)31-25(37)21-12-28-24-19(29-15-5-6-15)10-23(33-35(21)24)30-16-3-1-14(2-4-16)9-22(36)20-13-38-34-32-20/h7-8,10-16,29H,1-6,9H2,(H,30,33)(H,27,31,37). The van der Waals surface area contributed by atoms with E-state index in [9.17, 15) is 14.0 Å². The van der Waals surface area contributed by atoms with Gasteiger partial charge in [-0.25, -0.2) is 13.9 Å². The Hall–Kier alpha value is -4.00. The minimum Gasteiger partial charge on any atom is -0.379 e. The van der Waals surface area contributed by atoms with Gasteiger partial charge in [-0.1, -0.05) is 4.49 Å². The topological polar surface area (TPSA) is 139 Å². The van der Waals surface area contributed by atoms with Crippen LogP contribution in [0.3, 0.4) is 0 Å². The molecule has 196 valence electrons. The van der Waals surface area contributed by atoms with E-state index in [2.05, 4.69) is 40.6 Å². The van der Waals surface area contributed by atoms with Gasteiger partial charge in [-0.15, -0.1) is 10.2 Å². The minimum atomic E-state index is -0.623. The predicted octanol–water partition coefficient (Wildman–Crippen LogP) is 4.19. The summed E-state index contributed by atoms with van der Waals surface area (Å²) in [7, 11) is 0. The van der Waals surface area contributed by atoms with Gasteiger partial charge in [0.05, 0.1) is 23.8 Å². The molecule has 2 saturated carbocycles. The normalized spacial score (nSPS) is 19.3. The fourth-order valence-corrected chi connectivity index (χ4v) is 5.24. The van der Waals surface area contributed by atoms with Crippen LogP contribution in [0.15, 0.2) is 36.1 Å². The summed E-state index contributed by atoms with van der Waals surface area (Å²) in [5.74, 6) is -0.152. The third-order valence-corrected chi connectivity index (χ3v) is 7.48. The highest BCUT2D eigenvalue weighted by molar-refractivity contribution is 7.03. The van der Waals surface area contributed by atoms with Gasteiger partial charge in [-0.3, -0.25) is 14.6 Å². The van der Waals surface area contributed by atoms with Crippen LogP contribution in [-0.4, -0.2) is 52.9 Å². The van der Waals surface area contributed by atoms with Crippen molar-refractivity contribution in [3.8, 4) is 0 Å². The van der Waals surface area contributed by atoms with Crippen LogP contribution >= 0.6 is 11.5 Å². The number of rotatable bonds is 9. The number of aromatic nitrogens is 6. The van der Waals surface area contributed by atoms with Gasteiger partial charge < -0.3 is 16.0 Å². The van der Waals surface area contributed by atoms with Crippen molar-refractivity contribution in [2.45, 2.75) is 57.0 Å². The second kappa shape index (κ2) is 10.4. The van der Waals surface area contributed by atoms with Crippen molar-refractivity contribution in [1.29, 1.82) is 0 Å². The van der Waals surface area contributed by atoms with E-state index >= 15 is 0 Å². The van der Waals surface area contributed by atoms with E-state index in [-0.39, 0.29) is 23.2 Å². The third-order valence-electron chi connectivity index (χ3n) is 6.98. The van der Waals surface area contributed by atoms with Crippen molar-refractivity contribution in [1.82, 2.24) is 29.2 Å². The molecule has 0 spiro atoms. The number of imidazole rings is 1. The number of carbonyl (C=O) groups is 2. The number of nitrogens with one attached hydrogen (secondary N) is 3. The van der Waals surface area contributed by atoms with Gasteiger partial charge in [-0.2, -0.15) is 0 Å². The molecule has 0 aliphatic heterocycles. The molecule has 0 aromatic carbocycles. The van der Waals surface area contributed by atoms with Gasteiger partial charge in [0.25, 0.3) is 5.91 Å². The molecule has 11 nitrogen and oxygen atoms in total. The maximum absolute atomic E-state index is 14.1. The summed E-state index contributed by atoms with van der Waals surface area (Å²) in [6.07, 6.45) is 10.2. The van der Waals surface area contributed by atoms with E-state index in [0.29, 0.717) is 35.5 Å². The maximum Gasteiger partial charge on any atom is 0.276 e. The number of amides is 1. The van der Waals surface area contributed by atoms with Crippen molar-refractivity contribution in [3.63, 3.8) is 0 Å². The van der Waals surface area contributed by atoms with Crippen LogP contribution in [0, 0.1) is 11.7 Å². The van der Waals surface area contributed by atoms with E-state index in [1.807, 2.05) is 6.07 Å². The third kappa shape index (κ3) is 5.32. The fourth-order valence-electron chi connectivity index (χ4n) is 4.78. The summed E-state index contributed by atoms with van der Waals surface area (Å²) in [6.45, 7) is 0. The van der Waals surface area contributed by atoms with Gasteiger partial charge in [0, 0.05) is 36.1 Å². The molecule has 0 radical (unpaired) electrons. The number of hydrogen-bond donors (Lipinski definition) is 3. The van der Waals surface area contributed by atoms with E-state index in [0.717, 1.165) is 50.4 Å². The van der Waals surface area contributed by atoms with Gasteiger partial charge in [0.2, 0.25) is 0 Å². The van der Waals surface area contributed by atoms with Crippen LogP contribution in [0.25, 0.3) is 5.65 Å². The Morgan fingerprint density at radius 1 is 1.05 bits per heavy atom. The second-order valence-electron chi connectivity index (χ2n) is 9.83. The zero-order valence-corrected chi connectivity index (χ0v) is 21.2. The largest absolute Gasteiger partial charge is 0.379 e. The molecular formula is C25H26FN9O2S. The zero-order chi connectivity index (χ0) is 26.1. The fraction of sp³-hybridized carbons (Fsp3) is 0.400. The lowest BCUT2D eigenvalue weighted by molar-refractivity contribution is 0.0943. The number of anilines is 3. The molecule has 0 atom stereocenters. The molecule has 4 aromatic rings. The molecule has 2 aliphatic rings. The molecule has 2 aliphatic carbocycles. The van der Waals surface area contributed by atoms with Crippen LogP contribution in [0.1, 0.15) is 65.9 Å². The number of Topliss-reactive ketones (excluding diaryl/α,β-unsaturated/α-hetero) is 1. The predicted molar refractivity (Wildman–Crippen MR) is 140 cm³/mol. The van der Waals surface area contributed by atoms with Crippen molar-refractivity contribution in [3.05, 3.63) is 53.3 Å². The average Bonchev–Trinajstić information content (AvgIpc) is 3.37. The second-order valence-corrected chi connectivity index (χ2v) is 10.4. The number of fused-ring (bicyclic) bond motifs is 1. The summed E-state index contributed by atoms with van der Waals surface area (Å²) < 4.78 is 19.3. The van der Waals surface area contributed by atoms with Crippen LogP contribution in [0.5, 0.6) is 0 Å². The first kappa shape index (κ1) is 24.3.